The number of benzene rings is 5. The molecule has 48 heavy (non-hydrogen) atoms. The van der Waals surface area contributed by atoms with Crippen molar-refractivity contribution in [3.8, 4) is 0 Å². The molecule has 5 aromatic carbocycles. The molecule has 1 atom stereocenters. The second-order valence-electron chi connectivity index (χ2n) is 15.6. The van der Waals surface area contributed by atoms with E-state index >= 15 is 0 Å². The topological polar surface area (TPSA) is 6.48 Å². The first-order valence-electron chi connectivity index (χ1n) is 17.2. The van der Waals surface area contributed by atoms with Gasteiger partial charge < -0.3 is 9.80 Å². The molecule has 1 unspecified atom stereocenters. The molecule has 0 radical (unpaired) electrons. The fourth-order valence-electron chi connectivity index (χ4n) is 7.58. The Kier molecular flexibility index (Phi) is 7.59. The van der Waals surface area contributed by atoms with Gasteiger partial charge in [-0.2, -0.15) is 0 Å². The van der Waals surface area contributed by atoms with Crippen molar-refractivity contribution in [2.75, 3.05) is 9.80 Å². The minimum Gasteiger partial charge on any atom is -0.311 e. The molecule has 0 amide bonds. The van der Waals surface area contributed by atoms with Gasteiger partial charge in [0.2, 0.25) is 0 Å². The van der Waals surface area contributed by atoms with Gasteiger partial charge >= 0.3 is 0 Å². The van der Waals surface area contributed by atoms with E-state index in [9.17, 15) is 0 Å². The Morgan fingerprint density at radius 2 is 1.12 bits per heavy atom. The Morgan fingerprint density at radius 3 is 1.58 bits per heavy atom. The fourth-order valence-corrected chi connectivity index (χ4v) is 8.58. The Balaban J connectivity index is 1.38. The van der Waals surface area contributed by atoms with Gasteiger partial charge in [0.05, 0.1) is 0 Å². The van der Waals surface area contributed by atoms with Crippen molar-refractivity contribution in [1.82, 2.24) is 0 Å². The zero-order valence-corrected chi connectivity index (χ0v) is 30.7. The Hall–Kier alpha value is -3.90. The van der Waals surface area contributed by atoms with Crippen molar-refractivity contribution in [1.29, 1.82) is 0 Å². The summed E-state index contributed by atoms with van der Waals surface area (Å²) >= 11 is 0. The maximum Gasteiger partial charge on any atom is 0.252 e. The van der Waals surface area contributed by atoms with E-state index in [1.807, 2.05) is 0 Å². The van der Waals surface area contributed by atoms with Crippen molar-refractivity contribution < 1.29 is 0 Å². The number of nitrogens with zero attached hydrogens (tertiary/aromatic N) is 2. The molecule has 0 saturated carbocycles. The molecule has 0 aliphatic carbocycles. The molecular formula is C43H43BN2P2. The standard InChI is InChI=1S/C43H43BN2P2/c1-42(2,3)30-13-17-32(18-14-30)45-37-21-11-28(23-34-27-48-34)24-35(37)44-36-25-29(26-47-7)12-22-38(36)46(40-10-8-9-39(45)41(40)44)33-19-15-31(16-20-33)43(4,5)6/h8-22,24-25,27,34H,7,23,26H2,1-6H3. The van der Waals surface area contributed by atoms with E-state index in [1.165, 1.54) is 81.0 Å². The summed E-state index contributed by atoms with van der Waals surface area (Å²) in [5.41, 5.74) is 18.0. The molecular weight excluding hydrogens is 617 g/mol. The van der Waals surface area contributed by atoms with Crippen LogP contribution >= 0.6 is 16.4 Å². The van der Waals surface area contributed by atoms with Gasteiger partial charge in [0, 0.05) is 45.9 Å². The predicted octanol–water partition coefficient (Wildman–Crippen LogP) is 9.92. The molecule has 5 heteroatoms. The van der Waals surface area contributed by atoms with Gasteiger partial charge in [0.15, 0.2) is 0 Å². The summed E-state index contributed by atoms with van der Waals surface area (Å²) in [6, 6.07) is 39.9. The number of anilines is 6. The molecule has 0 bridgehead atoms. The minimum absolute atomic E-state index is 0.0971. The third kappa shape index (κ3) is 5.46. The molecule has 238 valence electrons. The summed E-state index contributed by atoms with van der Waals surface area (Å²) in [6.07, 6.45) is 6.24. The van der Waals surface area contributed by atoms with Gasteiger partial charge in [-0.05, 0) is 110 Å². The molecule has 0 saturated heterocycles. The van der Waals surface area contributed by atoms with Gasteiger partial charge in [0.1, 0.15) is 0 Å². The maximum absolute atomic E-state index is 4.18. The van der Waals surface area contributed by atoms with E-state index < -0.39 is 0 Å². The SMILES string of the molecule is C=PCc1ccc2c(c1)B1c3cc(CC4C=P4)ccc3N(c3ccc(C(C)(C)C)cc3)c3cccc(c31)N2c1ccc(C(C)(C)C)cc1. The highest BCUT2D eigenvalue weighted by Gasteiger charge is 2.43. The van der Waals surface area contributed by atoms with Gasteiger partial charge in [-0.15, -0.1) is 8.20 Å². The van der Waals surface area contributed by atoms with E-state index in [4.69, 9.17) is 0 Å². The molecule has 3 aliphatic heterocycles. The van der Waals surface area contributed by atoms with Gasteiger partial charge in [-0.25, -0.2) is 0 Å². The van der Waals surface area contributed by atoms with Gasteiger partial charge in [-0.3, -0.25) is 0 Å². The lowest BCUT2D eigenvalue weighted by atomic mass is 9.33. The largest absolute Gasteiger partial charge is 0.311 e. The lowest BCUT2D eigenvalue weighted by molar-refractivity contribution is 0.590. The zero-order chi connectivity index (χ0) is 33.4. The average molecular weight is 661 g/mol. The van der Waals surface area contributed by atoms with Gasteiger partial charge in [-0.1, -0.05) is 111 Å². The summed E-state index contributed by atoms with van der Waals surface area (Å²) in [6.45, 7) is 13.9. The molecule has 0 aromatic heterocycles. The summed E-state index contributed by atoms with van der Waals surface area (Å²) in [7, 11) is 2.62. The predicted molar refractivity (Wildman–Crippen MR) is 216 cm³/mol. The number of rotatable bonds is 6. The van der Waals surface area contributed by atoms with Crippen molar-refractivity contribution >= 4 is 85.7 Å². The monoisotopic (exact) mass is 660 g/mol. The normalized spacial score (nSPS) is 16.5. The molecule has 0 spiro atoms. The van der Waals surface area contributed by atoms with Crippen molar-refractivity contribution in [2.24, 2.45) is 0 Å². The smallest absolute Gasteiger partial charge is 0.252 e. The van der Waals surface area contributed by atoms with Crippen LogP contribution in [0.25, 0.3) is 0 Å². The third-order valence-electron chi connectivity index (χ3n) is 10.2. The molecule has 8 rings (SSSR count). The molecule has 0 fully saturated rings. The molecule has 2 nitrogen and oxygen atoms in total. The quantitative estimate of drug-likeness (QED) is 0.129. The lowest BCUT2D eigenvalue weighted by Gasteiger charge is -2.44. The van der Waals surface area contributed by atoms with Crippen LogP contribution in [-0.2, 0) is 23.4 Å². The Bertz CT molecular complexity index is 2060. The first kappa shape index (κ1) is 31.4. The Morgan fingerprint density at radius 1 is 0.646 bits per heavy atom. The van der Waals surface area contributed by atoms with Crippen LogP contribution in [0.5, 0.6) is 0 Å². The van der Waals surface area contributed by atoms with Crippen LogP contribution < -0.4 is 26.2 Å². The van der Waals surface area contributed by atoms with E-state index in [0.29, 0.717) is 5.66 Å². The highest BCUT2D eigenvalue weighted by atomic mass is 31.1. The van der Waals surface area contributed by atoms with Gasteiger partial charge in [0.25, 0.3) is 6.71 Å². The van der Waals surface area contributed by atoms with Crippen LogP contribution in [-0.4, -0.2) is 24.5 Å². The minimum atomic E-state index is 0.0971. The van der Waals surface area contributed by atoms with E-state index in [1.54, 1.807) is 0 Å². The Labute approximate surface area is 290 Å². The second-order valence-corrected chi connectivity index (χ2v) is 17.7. The van der Waals surface area contributed by atoms with E-state index in [0.717, 1.165) is 20.8 Å². The van der Waals surface area contributed by atoms with Crippen LogP contribution in [0.1, 0.15) is 63.8 Å². The van der Waals surface area contributed by atoms with Crippen LogP contribution in [0.15, 0.2) is 103 Å². The van der Waals surface area contributed by atoms with Crippen molar-refractivity contribution in [3.63, 3.8) is 0 Å². The third-order valence-corrected chi connectivity index (χ3v) is 11.7. The second kappa shape index (κ2) is 11.6. The van der Waals surface area contributed by atoms with Crippen LogP contribution in [0.4, 0.5) is 34.1 Å². The van der Waals surface area contributed by atoms with E-state index in [2.05, 4.69) is 167 Å². The maximum atomic E-state index is 4.18. The fraction of sp³-hybridized carbons (Fsp3) is 0.256. The molecule has 0 N–H and O–H groups in total. The van der Waals surface area contributed by atoms with Crippen LogP contribution in [0.2, 0.25) is 0 Å². The summed E-state index contributed by atoms with van der Waals surface area (Å²) in [5, 5.41) is 0. The van der Waals surface area contributed by atoms with E-state index in [-0.39, 0.29) is 17.5 Å². The number of fused-ring (bicyclic) bond motifs is 4. The molecule has 3 aliphatic rings. The summed E-state index contributed by atoms with van der Waals surface area (Å²) in [5.74, 6) is 2.42. The van der Waals surface area contributed by atoms with Crippen molar-refractivity contribution in [2.45, 2.75) is 70.6 Å². The molecule has 5 aromatic rings. The number of hydrogen-bond donors (Lipinski definition) is 0. The van der Waals surface area contributed by atoms with Crippen LogP contribution in [0.3, 0.4) is 0 Å². The first-order chi connectivity index (χ1) is 23.0. The lowest BCUT2D eigenvalue weighted by Crippen LogP contribution is -2.61. The molecule has 3 heterocycles. The average Bonchev–Trinajstić information content (AvgIpc) is 3.88. The summed E-state index contributed by atoms with van der Waals surface area (Å²) < 4.78 is 0. The highest BCUT2D eigenvalue weighted by molar-refractivity contribution is 7.51. The zero-order valence-electron chi connectivity index (χ0n) is 29.0. The highest BCUT2D eigenvalue weighted by Crippen LogP contribution is 2.45. The van der Waals surface area contributed by atoms with Crippen LogP contribution in [0, 0.1) is 0 Å². The summed E-state index contributed by atoms with van der Waals surface area (Å²) in [4.78, 5) is 5.03. The first-order valence-corrected chi connectivity index (χ1v) is 19.5. The number of hydrogen-bond acceptors (Lipinski definition) is 2. The van der Waals surface area contributed by atoms with Crippen molar-refractivity contribution in [3.05, 3.63) is 125 Å².